The molecule has 1 N–H and O–H groups in total. The fourth-order valence-electron chi connectivity index (χ4n) is 2.67. The van der Waals surface area contributed by atoms with Crippen LogP contribution < -0.4 is 5.32 Å². The molecule has 2 heteroatoms. The number of rotatable bonds is 3. The van der Waals surface area contributed by atoms with E-state index in [4.69, 9.17) is 0 Å². The van der Waals surface area contributed by atoms with E-state index in [0.717, 1.165) is 23.3 Å². The van der Waals surface area contributed by atoms with Gasteiger partial charge in [-0.1, -0.05) is 6.92 Å². The van der Waals surface area contributed by atoms with Crippen LogP contribution in [-0.4, -0.2) is 23.6 Å². The van der Waals surface area contributed by atoms with Gasteiger partial charge in [0.15, 0.2) is 0 Å². The molecular formula is C12H23NS. The Morgan fingerprint density at radius 1 is 1.00 bits per heavy atom. The minimum Gasteiger partial charge on any atom is -0.310 e. The normalized spacial score (nSPS) is 43.3. The Morgan fingerprint density at radius 2 is 1.71 bits per heavy atom. The monoisotopic (exact) mass is 213 g/mol. The first-order chi connectivity index (χ1) is 6.79. The zero-order valence-corrected chi connectivity index (χ0v) is 10.3. The fourth-order valence-corrected chi connectivity index (χ4v) is 3.59. The van der Waals surface area contributed by atoms with Gasteiger partial charge in [-0.15, -0.1) is 0 Å². The average molecular weight is 213 g/mol. The second-order valence-corrected chi connectivity index (χ2v) is 6.16. The van der Waals surface area contributed by atoms with Crippen LogP contribution in [-0.2, 0) is 0 Å². The minimum atomic E-state index is 0.836. The van der Waals surface area contributed by atoms with Gasteiger partial charge in [0.25, 0.3) is 0 Å². The molecule has 2 aliphatic carbocycles. The van der Waals surface area contributed by atoms with Gasteiger partial charge < -0.3 is 5.32 Å². The van der Waals surface area contributed by atoms with Crippen molar-refractivity contribution in [3.8, 4) is 0 Å². The Balaban J connectivity index is 1.70. The first kappa shape index (κ1) is 10.8. The highest BCUT2D eigenvalue weighted by Gasteiger charge is 2.32. The van der Waals surface area contributed by atoms with Crippen LogP contribution in [0.15, 0.2) is 0 Å². The van der Waals surface area contributed by atoms with Crippen LogP contribution in [0.25, 0.3) is 0 Å². The summed E-state index contributed by atoms with van der Waals surface area (Å²) in [5, 5.41) is 4.77. The Bertz CT molecular complexity index is 173. The van der Waals surface area contributed by atoms with E-state index in [0.29, 0.717) is 0 Å². The van der Waals surface area contributed by atoms with Gasteiger partial charge in [-0.05, 0) is 50.7 Å². The lowest BCUT2D eigenvalue weighted by molar-refractivity contribution is 0.248. The van der Waals surface area contributed by atoms with Gasteiger partial charge in [0.2, 0.25) is 0 Å². The van der Waals surface area contributed by atoms with Crippen molar-refractivity contribution in [3.05, 3.63) is 0 Å². The van der Waals surface area contributed by atoms with E-state index in [2.05, 4.69) is 18.5 Å². The molecule has 2 atom stereocenters. The van der Waals surface area contributed by atoms with Gasteiger partial charge in [-0.3, -0.25) is 0 Å². The largest absolute Gasteiger partial charge is 0.310 e. The summed E-state index contributed by atoms with van der Waals surface area (Å²) >= 11 is 2.05. The predicted octanol–water partition coefficient (Wildman–Crippen LogP) is 3.05. The third-order valence-electron chi connectivity index (χ3n) is 3.98. The highest BCUT2D eigenvalue weighted by Crippen LogP contribution is 2.32. The highest BCUT2D eigenvalue weighted by molar-refractivity contribution is 7.99. The van der Waals surface area contributed by atoms with E-state index < -0.39 is 0 Å². The molecule has 0 heterocycles. The first-order valence-corrected chi connectivity index (χ1v) is 7.37. The second-order valence-electron chi connectivity index (χ2n) is 5.08. The second kappa shape index (κ2) is 4.89. The van der Waals surface area contributed by atoms with E-state index in [1.54, 1.807) is 0 Å². The molecule has 14 heavy (non-hydrogen) atoms. The summed E-state index contributed by atoms with van der Waals surface area (Å²) < 4.78 is 0. The molecule has 82 valence electrons. The molecule has 0 saturated heterocycles. The van der Waals surface area contributed by atoms with Crippen LogP contribution in [0.5, 0.6) is 0 Å². The standard InChI is InChI=1S/C12H23NS/c1-9-3-5-10(6-4-9)13-11-7-8-12(11)14-2/h9-13H,3-8H2,1-2H3. The number of hydrogen-bond donors (Lipinski definition) is 1. The van der Waals surface area contributed by atoms with Gasteiger partial charge in [0, 0.05) is 17.3 Å². The average Bonchev–Trinajstić information content (AvgIpc) is 2.16. The molecule has 2 rings (SSSR count). The van der Waals surface area contributed by atoms with Crippen LogP contribution in [0.1, 0.15) is 45.4 Å². The molecule has 2 saturated carbocycles. The van der Waals surface area contributed by atoms with E-state index in [9.17, 15) is 0 Å². The summed E-state index contributed by atoms with van der Waals surface area (Å²) in [6, 6.07) is 1.68. The predicted molar refractivity (Wildman–Crippen MR) is 64.9 cm³/mol. The lowest BCUT2D eigenvalue weighted by Gasteiger charge is -2.40. The number of hydrogen-bond acceptors (Lipinski definition) is 2. The van der Waals surface area contributed by atoms with Crippen molar-refractivity contribution in [1.29, 1.82) is 0 Å². The van der Waals surface area contributed by atoms with Crippen molar-refractivity contribution >= 4 is 11.8 Å². The highest BCUT2D eigenvalue weighted by atomic mass is 32.2. The van der Waals surface area contributed by atoms with Crippen molar-refractivity contribution < 1.29 is 0 Å². The SMILES string of the molecule is CSC1CCC1NC1CCC(C)CC1. The maximum Gasteiger partial charge on any atom is 0.0199 e. The van der Waals surface area contributed by atoms with E-state index >= 15 is 0 Å². The topological polar surface area (TPSA) is 12.0 Å². The Hall–Kier alpha value is 0.310. The fraction of sp³-hybridized carbons (Fsp3) is 1.00. The molecule has 0 amide bonds. The zero-order valence-electron chi connectivity index (χ0n) is 9.46. The van der Waals surface area contributed by atoms with Gasteiger partial charge >= 0.3 is 0 Å². The molecule has 0 radical (unpaired) electrons. The van der Waals surface area contributed by atoms with Crippen molar-refractivity contribution in [1.82, 2.24) is 5.32 Å². The quantitative estimate of drug-likeness (QED) is 0.773. The maximum atomic E-state index is 3.86. The van der Waals surface area contributed by atoms with Crippen LogP contribution in [0.4, 0.5) is 0 Å². The van der Waals surface area contributed by atoms with Gasteiger partial charge in [0.05, 0.1) is 0 Å². The number of nitrogens with one attached hydrogen (secondary N) is 1. The van der Waals surface area contributed by atoms with Crippen LogP contribution in [0.3, 0.4) is 0 Å². The lowest BCUT2D eigenvalue weighted by atomic mass is 9.85. The smallest absolute Gasteiger partial charge is 0.0199 e. The van der Waals surface area contributed by atoms with Crippen molar-refractivity contribution in [2.45, 2.75) is 62.8 Å². The van der Waals surface area contributed by atoms with Crippen molar-refractivity contribution in [2.24, 2.45) is 5.92 Å². The summed E-state index contributed by atoms with van der Waals surface area (Å²) in [7, 11) is 0. The van der Waals surface area contributed by atoms with E-state index in [1.807, 2.05) is 11.8 Å². The molecule has 0 aliphatic heterocycles. The zero-order chi connectivity index (χ0) is 9.97. The van der Waals surface area contributed by atoms with Crippen LogP contribution in [0.2, 0.25) is 0 Å². The first-order valence-electron chi connectivity index (χ1n) is 6.08. The van der Waals surface area contributed by atoms with Crippen molar-refractivity contribution in [2.75, 3.05) is 6.26 Å². The summed E-state index contributed by atoms with van der Waals surface area (Å²) in [5.41, 5.74) is 0. The molecule has 0 bridgehead atoms. The molecular weight excluding hydrogens is 190 g/mol. The Kier molecular flexibility index (Phi) is 3.78. The van der Waals surface area contributed by atoms with Crippen LogP contribution in [0, 0.1) is 5.92 Å². The summed E-state index contributed by atoms with van der Waals surface area (Å²) in [4.78, 5) is 0. The Morgan fingerprint density at radius 3 is 2.21 bits per heavy atom. The van der Waals surface area contributed by atoms with E-state index in [1.165, 1.54) is 38.5 Å². The molecule has 2 unspecified atom stereocenters. The minimum absolute atomic E-state index is 0.836. The summed E-state index contributed by atoms with van der Waals surface area (Å²) in [5.74, 6) is 0.978. The van der Waals surface area contributed by atoms with Gasteiger partial charge in [-0.25, -0.2) is 0 Å². The molecule has 2 fully saturated rings. The summed E-state index contributed by atoms with van der Waals surface area (Å²) in [6.07, 6.45) is 10.8. The van der Waals surface area contributed by atoms with Crippen LogP contribution >= 0.6 is 11.8 Å². The molecule has 0 aromatic carbocycles. The molecule has 0 aromatic rings. The third kappa shape index (κ3) is 2.46. The van der Waals surface area contributed by atoms with Gasteiger partial charge in [-0.2, -0.15) is 11.8 Å². The lowest BCUT2D eigenvalue weighted by Crippen LogP contribution is -2.51. The van der Waals surface area contributed by atoms with Gasteiger partial charge in [0.1, 0.15) is 0 Å². The van der Waals surface area contributed by atoms with E-state index in [-0.39, 0.29) is 0 Å². The molecule has 1 nitrogen and oxygen atoms in total. The molecule has 0 spiro atoms. The van der Waals surface area contributed by atoms with Crippen molar-refractivity contribution in [3.63, 3.8) is 0 Å². The maximum absolute atomic E-state index is 3.86. The number of thioether (sulfide) groups is 1. The third-order valence-corrected chi connectivity index (χ3v) is 5.15. The molecule has 0 aromatic heterocycles. The summed E-state index contributed by atoms with van der Waals surface area (Å²) in [6.45, 7) is 2.39. The Labute approximate surface area is 92.4 Å². The molecule has 2 aliphatic rings.